The Morgan fingerprint density at radius 2 is 1.85 bits per heavy atom. The Morgan fingerprint density at radius 3 is 2.53 bits per heavy atom. The summed E-state index contributed by atoms with van der Waals surface area (Å²) in [4.78, 5) is 30.6. The van der Waals surface area contributed by atoms with E-state index in [1.807, 2.05) is 30.3 Å². The van der Waals surface area contributed by atoms with Crippen molar-refractivity contribution >= 4 is 48.6 Å². The van der Waals surface area contributed by atoms with Gasteiger partial charge in [-0.1, -0.05) is 36.4 Å². The zero-order valence-corrected chi connectivity index (χ0v) is 20.2. The number of hydrogen-bond donors (Lipinski definition) is 3. The SMILES string of the molecule is Cc1ccc(Br)c(S(N)(=O)=O)c1NC(=O)c1c(O)c2cccnc2n(Cc2ccccc2)c1=O. The van der Waals surface area contributed by atoms with Crippen LogP contribution in [0.2, 0.25) is 0 Å². The summed E-state index contributed by atoms with van der Waals surface area (Å²) in [7, 11) is -4.24. The van der Waals surface area contributed by atoms with Gasteiger partial charge in [0.05, 0.1) is 17.6 Å². The van der Waals surface area contributed by atoms with Crippen molar-refractivity contribution in [2.45, 2.75) is 18.4 Å². The molecule has 2 heterocycles. The molecule has 0 radical (unpaired) electrons. The molecule has 174 valence electrons. The molecule has 0 aliphatic heterocycles. The summed E-state index contributed by atoms with van der Waals surface area (Å²) in [6.07, 6.45) is 1.48. The Balaban J connectivity index is 1.91. The van der Waals surface area contributed by atoms with Crippen LogP contribution in [0.15, 0.2) is 75.0 Å². The van der Waals surface area contributed by atoms with Crippen LogP contribution in [-0.2, 0) is 16.6 Å². The van der Waals surface area contributed by atoms with Crippen molar-refractivity contribution < 1.29 is 18.3 Å². The molecule has 0 spiro atoms. The van der Waals surface area contributed by atoms with Crippen LogP contribution in [0.25, 0.3) is 11.0 Å². The Labute approximate surface area is 203 Å². The lowest BCUT2D eigenvalue weighted by molar-refractivity contribution is 0.102. The first kappa shape index (κ1) is 23.6. The third-order valence-corrected chi connectivity index (χ3v) is 7.16. The van der Waals surface area contributed by atoms with E-state index in [9.17, 15) is 23.1 Å². The Hall–Kier alpha value is -3.54. The molecule has 0 fully saturated rings. The van der Waals surface area contributed by atoms with Gasteiger partial charge in [0.25, 0.3) is 11.5 Å². The van der Waals surface area contributed by atoms with Crippen molar-refractivity contribution in [1.82, 2.24) is 9.55 Å². The van der Waals surface area contributed by atoms with E-state index in [4.69, 9.17) is 5.14 Å². The van der Waals surface area contributed by atoms with Crippen LogP contribution in [0.3, 0.4) is 0 Å². The smallest absolute Gasteiger partial charge is 0.269 e. The molecule has 2 aromatic carbocycles. The molecule has 9 nitrogen and oxygen atoms in total. The second kappa shape index (κ2) is 9.01. The monoisotopic (exact) mass is 542 g/mol. The van der Waals surface area contributed by atoms with Gasteiger partial charge in [0.2, 0.25) is 10.0 Å². The van der Waals surface area contributed by atoms with Crippen molar-refractivity contribution in [3.05, 3.63) is 92.3 Å². The maximum atomic E-state index is 13.4. The molecule has 0 aliphatic carbocycles. The first-order valence-electron chi connectivity index (χ1n) is 9.97. The van der Waals surface area contributed by atoms with Crippen LogP contribution < -0.4 is 16.0 Å². The number of pyridine rings is 2. The summed E-state index contributed by atoms with van der Waals surface area (Å²) < 4.78 is 25.8. The number of sulfonamides is 1. The Morgan fingerprint density at radius 1 is 1.15 bits per heavy atom. The number of aromatic nitrogens is 2. The molecule has 0 aliphatic rings. The van der Waals surface area contributed by atoms with E-state index in [1.165, 1.54) is 22.9 Å². The molecule has 11 heteroatoms. The van der Waals surface area contributed by atoms with Crippen LogP contribution in [0.4, 0.5) is 5.69 Å². The number of aromatic hydroxyl groups is 1. The maximum Gasteiger partial charge on any atom is 0.269 e. The molecule has 0 saturated carbocycles. The number of carbonyl (C=O) groups excluding carboxylic acids is 1. The highest BCUT2D eigenvalue weighted by atomic mass is 79.9. The quantitative estimate of drug-likeness (QED) is 0.353. The fraction of sp³-hybridized carbons (Fsp3) is 0.0870. The zero-order valence-electron chi connectivity index (χ0n) is 17.8. The lowest BCUT2D eigenvalue weighted by Gasteiger charge is -2.17. The summed E-state index contributed by atoms with van der Waals surface area (Å²) in [6, 6.07) is 15.3. The van der Waals surface area contributed by atoms with Gasteiger partial charge < -0.3 is 10.4 Å². The van der Waals surface area contributed by atoms with Crippen molar-refractivity contribution in [3.63, 3.8) is 0 Å². The first-order valence-corrected chi connectivity index (χ1v) is 12.3. The molecule has 0 bridgehead atoms. The van der Waals surface area contributed by atoms with Gasteiger partial charge in [0, 0.05) is 10.7 Å². The summed E-state index contributed by atoms with van der Waals surface area (Å²) >= 11 is 3.14. The summed E-state index contributed by atoms with van der Waals surface area (Å²) in [5, 5.41) is 18.9. The minimum Gasteiger partial charge on any atom is -0.506 e. The molecule has 1 amide bonds. The molecule has 4 rings (SSSR count). The average molecular weight is 543 g/mol. The molecule has 0 unspecified atom stereocenters. The van der Waals surface area contributed by atoms with Gasteiger partial charge in [0.1, 0.15) is 21.9 Å². The van der Waals surface area contributed by atoms with Crippen molar-refractivity contribution in [3.8, 4) is 5.75 Å². The molecule has 0 saturated heterocycles. The van der Waals surface area contributed by atoms with Crippen molar-refractivity contribution in [2.75, 3.05) is 5.32 Å². The number of halogens is 1. The summed E-state index contributed by atoms with van der Waals surface area (Å²) in [5.74, 6) is -1.54. The third kappa shape index (κ3) is 4.32. The van der Waals surface area contributed by atoms with Crippen molar-refractivity contribution in [2.24, 2.45) is 5.14 Å². The molecule has 2 aromatic heterocycles. The normalized spacial score (nSPS) is 11.5. The number of nitrogens with two attached hydrogens (primary N) is 1. The van der Waals surface area contributed by atoms with Crippen LogP contribution in [-0.4, -0.2) is 29.0 Å². The largest absolute Gasteiger partial charge is 0.506 e. The third-order valence-electron chi connectivity index (χ3n) is 5.24. The number of hydrogen-bond acceptors (Lipinski definition) is 6. The minimum atomic E-state index is -4.24. The van der Waals surface area contributed by atoms with Gasteiger partial charge in [-0.3, -0.25) is 14.2 Å². The predicted octanol–water partition coefficient (Wildman–Crippen LogP) is 3.12. The van der Waals surface area contributed by atoms with E-state index in [1.54, 1.807) is 19.1 Å². The maximum absolute atomic E-state index is 13.4. The second-order valence-electron chi connectivity index (χ2n) is 7.54. The Bertz CT molecular complexity index is 1600. The lowest BCUT2D eigenvalue weighted by atomic mass is 10.1. The van der Waals surface area contributed by atoms with Gasteiger partial charge >= 0.3 is 0 Å². The number of aryl methyl sites for hydroxylation is 1. The summed E-state index contributed by atoms with van der Waals surface area (Å²) in [6.45, 7) is 1.68. The second-order valence-corrected chi connectivity index (χ2v) is 9.90. The molecule has 4 N–H and O–H groups in total. The zero-order chi connectivity index (χ0) is 24.6. The number of primary sulfonamides is 1. The van der Waals surface area contributed by atoms with Crippen LogP contribution >= 0.6 is 15.9 Å². The number of nitrogens with zero attached hydrogens (tertiary/aromatic N) is 2. The highest BCUT2D eigenvalue weighted by Gasteiger charge is 2.27. The van der Waals surface area contributed by atoms with E-state index in [2.05, 4.69) is 26.2 Å². The topological polar surface area (TPSA) is 144 Å². The first-order chi connectivity index (χ1) is 16.1. The highest BCUT2D eigenvalue weighted by molar-refractivity contribution is 9.10. The molecule has 0 atom stereocenters. The van der Waals surface area contributed by atoms with E-state index in [-0.39, 0.29) is 32.6 Å². The number of nitrogens with one attached hydrogen (secondary N) is 1. The molecular formula is C23H19BrN4O5S. The predicted molar refractivity (Wildman–Crippen MR) is 131 cm³/mol. The number of rotatable bonds is 5. The van der Waals surface area contributed by atoms with Crippen LogP contribution in [0, 0.1) is 6.92 Å². The van der Waals surface area contributed by atoms with Gasteiger partial charge in [-0.25, -0.2) is 18.5 Å². The van der Waals surface area contributed by atoms with E-state index in [0.29, 0.717) is 5.56 Å². The van der Waals surface area contributed by atoms with Gasteiger partial charge in [0.15, 0.2) is 0 Å². The molecular weight excluding hydrogens is 524 g/mol. The fourth-order valence-corrected chi connectivity index (χ4v) is 5.49. The average Bonchev–Trinajstić information content (AvgIpc) is 2.79. The van der Waals surface area contributed by atoms with E-state index >= 15 is 0 Å². The minimum absolute atomic E-state index is 0.0958. The number of benzene rings is 2. The van der Waals surface area contributed by atoms with E-state index < -0.39 is 32.8 Å². The van der Waals surface area contributed by atoms with Crippen LogP contribution in [0.1, 0.15) is 21.5 Å². The fourth-order valence-electron chi connectivity index (χ4n) is 3.65. The summed E-state index contributed by atoms with van der Waals surface area (Å²) in [5.41, 5.74) is -0.0399. The van der Waals surface area contributed by atoms with Gasteiger partial charge in [-0.15, -0.1) is 0 Å². The number of carbonyl (C=O) groups is 1. The van der Waals surface area contributed by atoms with Gasteiger partial charge in [-0.2, -0.15) is 0 Å². The van der Waals surface area contributed by atoms with Crippen molar-refractivity contribution in [1.29, 1.82) is 0 Å². The number of amides is 1. The number of fused-ring (bicyclic) bond motifs is 1. The molecule has 34 heavy (non-hydrogen) atoms. The Kier molecular flexibility index (Phi) is 6.26. The van der Waals surface area contributed by atoms with E-state index in [0.717, 1.165) is 5.56 Å². The van der Waals surface area contributed by atoms with Crippen LogP contribution in [0.5, 0.6) is 5.75 Å². The van der Waals surface area contributed by atoms with Gasteiger partial charge in [-0.05, 0) is 52.2 Å². The standard InChI is InChI=1S/C23H19BrN4O5S/c1-13-9-10-16(24)20(34(25,32)33)18(13)27-22(30)17-19(29)15-8-5-11-26-21(15)28(23(17)31)12-14-6-3-2-4-7-14/h2-11,29H,12H2,1H3,(H,27,30)(H2,25,32,33). The lowest BCUT2D eigenvalue weighted by Crippen LogP contribution is -2.31. The highest BCUT2D eigenvalue weighted by Crippen LogP contribution is 2.33. The molecule has 4 aromatic rings. The number of anilines is 1.